The van der Waals surface area contributed by atoms with Crippen LogP contribution in [-0.2, 0) is 4.79 Å². The van der Waals surface area contributed by atoms with Crippen LogP contribution >= 0.6 is 23.8 Å². The van der Waals surface area contributed by atoms with Crippen LogP contribution in [0.5, 0.6) is 0 Å². The Labute approximate surface area is 157 Å². The summed E-state index contributed by atoms with van der Waals surface area (Å²) in [5.41, 5.74) is 4.19. The van der Waals surface area contributed by atoms with E-state index in [4.69, 9.17) is 23.8 Å². The number of rotatable bonds is 4. The lowest BCUT2D eigenvalue weighted by atomic mass is 10.1. The summed E-state index contributed by atoms with van der Waals surface area (Å²) in [6.07, 6.45) is 0. The summed E-state index contributed by atoms with van der Waals surface area (Å²) in [5, 5.41) is 15.5. The fourth-order valence-electron chi connectivity index (χ4n) is 2.38. The largest absolute Gasteiger partial charge is 0.348 e. The average molecular weight is 372 g/mol. The summed E-state index contributed by atoms with van der Waals surface area (Å²) in [6, 6.07) is 13.1. The van der Waals surface area contributed by atoms with Crippen molar-refractivity contribution in [2.24, 2.45) is 5.92 Å². The average Bonchev–Trinajstić information content (AvgIpc) is 2.54. The van der Waals surface area contributed by atoms with Crippen molar-refractivity contribution in [3.63, 3.8) is 0 Å². The van der Waals surface area contributed by atoms with Crippen molar-refractivity contribution in [1.29, 1.82) is 5.26 Å². The quantitative estimate of drug-likeness (QED) is 0.759. The van der Waals surface area contributed by atoms with Crippen molar-refractivity contribution in [3.8, 4) is 6.07 Å². The van der Waals surface area contributed by atoms with Gasteiger partial charge in [0.25, 0.3) is 0 Å². The number of halogens is 1. The minimum Gasteiger partial charge on any atom is -0.348 e. The molecular formula is C19H18ClN3OS. The topological polar surface area (TPSA) is 64.9 Å². The van der Waals surface area contributed by atoms with Crippen LogP contribution < -0.4 is 10.6 Å². The molecule has 0 aliphatic rings. The Morgan fingerprint density at radius 3 is 2.48 bits per heavy atom. The zero-order valence-corrected chi connectivity index (χ0v) is 15.8. The van der Waals surface area contributed by atoms with Gasteiger partial charge in [-0.2, -0.15) is 5.26 Å². The molecule has 6 heteroatoms. The number of nitrogens with one attached hydrogen (secondary N) is 2. The summed E-state index contributed by atoms with van der Waals surface area (Å²) >= 11 is 11.4. The van der Waals surface area contributed by atoms with Crippen molar-refractivity contribution in [2.75, 3.05) is 10.6 Å². The molecule has 0 bridgehead atoms. The number of nitrogens with zero attached hydrogens (tertiary/aromatic N) is 1. The molecule has 0 spiro atoms. The van der Waals surface area contributed by atoms with Gasteiger partial charge in [-0.15, -0.1) is 0 Å². The van der Waals surface area contributed by atoms with Gasteiger partial charge in [-0.25, -0.2) is 0 Å². The number of benzene rings is 2. The van der Waals surface area contributed by atoms with Gasteiger partial charge in [0.1, 0.15) is 4.99 Å². The fourth-order valence-corrected chi connectivity index (χ4v) is 2.92. The summed E-state index contributed by atoms with van der Waals surface area (Å²) < 4.78 is 0. The number of carbonyl (C=O) groups is 1. The molecule has 0 saturated heterocycles. The lowest BCUT2D eigenvalue weighted by Gasteiger charge is -2.16. The number of hydrogen-bond donors (Lipinski definition) is 2. The second kappa shape index (κ2) is 8.11. The van der Waals surface area contributed by atoms with Gasteiger partial charge in [-0.05, 0) is 44.0 Å². The monoisotopic (exact) mass is 371 g/mol. The molecule has 0 saturated carbocycles. The zero-order chi connectivity index (χ0) is 18.6. The molecule has 0 unspecified atom stereocenters. The Hall–Kier alpha value is -2.42. The molecule has 0 radical (unpaired) electrons. The first kappa shape index (κ1) is 18.9. The molecule has 0 aliphatic carbocycles. The molecule has 1 atom stereocenters. The van der Waals surface area contributed by atoms with E-state index < -0.39 is 11.8 Å². The minimum atomic E-state index is -1.12. The van der Waals surface area contributed by atoms with Gasteiger partial charge >= 0.3 is 0 Å². The number of hydrogen-bond acceptors (Lipinski definition) is 3. The number of aryl methyl sites for hydroxylation is 3. The van der Waals surface area contributed by atoms with Gasteiger partial charge in [0.05, 0.1) is 16.8 Å². The molecule has 0 aliphatic heterocycles. The van der Waals surface area contributed by atoms with Crippen LogP contribution in [0.25, 0.3) is 0 Å². The van der Waals surface area contributed by atoms with Crippen LogP contribution in [0.2, 0.25) is 5.02 Å². The van der Waals surface area contributed by atoms with Crippen LogP contribution in [0.4, 0.5) is 11.4 Å². The highest BCUT2D eigenvalue weighted by Gasteiger charge is 2.24. The van der Waals surface area contributed by atoms with Crippen molar-refractivity contribution in [1.82, 2.24) is 0 Å². The van der Waals surface area contributed by atoms with Gasteiger partial charge in [0, 0.05) is 5.69 Å². The molecule has 4 nitrogen and oxygen atoms in total. The zero-order valence-electron chi connectivity index (χ0n) is 14.2. The van der Waals surface area contributed by atoms with Gasteiger partial charge in [-0.1, -0.05) is 53.6 Å². The smallest absolute Gasteiger partial charge is 0.248 e. The Bertz CT molecular complexity index is 853. The lowest BCUT2D eigenvalue weighted by Crippen LogP contribution is -2.32. The van der Waals surface area contributed by atoms with Crippen LogP contribution in [0.15, 0.2) is 36.4 Å². The SMILES string of the molecule is Cc1ccc(NC(=S)[C@H](C#N)C(=O)Nc2c(C)cccc2Cl)c(C)c1. The molecule has 0 aromatic heterocycles. The molecule has 128 valence electrons. The Morgan fingerprint density at radius 1 is 1.16 bits per heavy atom. The molecule has 0 heterocycles. The summed E-state index contributed by atoms with van der Waals surface area (Å²) in [6.45, 7) is 5.76. The van der Waals surface area contributed by atoms with E-state index in [2.05, 4.69) is 10.6 Å². The maximum absolute atomic E-state index is 12.5. The Kier molecular flexibility index (Phi) is 6.13. The standard InChI is InChI=1S/C19H18ClN3OS/c1-11-7-8-16(13(3)9-11)22-19(25)14(10-21)18(24)23-17-12(2)5-4-6-15(17)20/h4-9,14H,1-3H3,(H,22,25)(H,23,24)/t14-/m1/s1. The second-order valence-electron chi connectivity index (χ2n) is 5.79. The number of nitriles is 1. The van der Waals surface area contributed by atoms with E-state index >= 15 is 0 Å². The highest BCUT2D eigenvalue weighted by atomic mass is 35.5. The number of para-hydroxylation sites is 1. The summed E-state index contributed by atoms with van der Waals surface area (Å²) in [7, 11) is 0. The second-order valence-corrected chi connectivity index (χ2v) is 6.64. The molecule has 2 aromatic rings. The first-order chi connectivity index (χ1) is 11.8. The molecule has 2 N–H and O–H groups in total. The van der Waals surface area contributed by atoms with Gasteiger partial charge in [-0.3, -0.25) is 4.79 Å². The molecule has 2 rings (SSSR count). The van der Waals surface area contributed by atoms with Crippen molar-refractivity contribution in [3.05, 3.63) is 58.1 Å². The van der Waals surface area contributed by atoms with Crippen molar-refractivity contribution >= 4 is 46.1 Å². The number of thiocarbonyl (C=S) groups is 1. The summed E-state index contributed by atoms with van der Waals surface area (Å²) in [5.74, 6) is -1.63. The Morgan fingerprint density at radius 2 is 1.88 bits per heavy atom. The highest BCUT2D eigenvalue weighted by molar-refractivity contribution is 7.80. The van der Waals surface area contributed by atoms with Crippen LogP contribution in [-0.4, -0.2) is 10.9 Å². The van der Waals surface area contributed by atoms with E-state index in [1.807, 2.05) is 51.1 Å². The maximum atomic E-state index is 12.5. The van der Waals surface area contributed by atoms with Crippen LogP contribution in [0.3, 0.4) is 0 Å². The molecule has 1 amide bonds. The lowest BCUT2D eigenvalue weighted by molar-refractivity contribution is -0.116. The maximum Gasteiger partial charge on any atom is 0.248 e. The van der Waals surface area contributed by atoms with E-state index in [1.54, 1.807) is 12.1 Å². The highest BCUT2D eigenvalue weighted by Crippen LogP contribution is 2.26. The number of amides is 1. The number of anilines is 2. The Balaban J connectivity index is 2.17. The molecule has 25 heavy (non-hydrogen) atoms. The van der Waals surface area contributed by atoms with Gasteiger partial charge in [0.15, 0.2) is 5.92 Å². The van der Waals surface area contributed by atoms with Gasteiger partial charge < -0.3 is 10.6 Å². The molecule has 0 fully saturated rings. The van der Waals surface area contributed by atoms with E-state index in [0.29, 0.717) is 10.7 Å². The third kappa shape index (κ3) is 4.56. The third-order valence-corrected chi connectivity index (χ3v) is 4.42. The predicted molar refractivity (Wildman–Crippen MR) is 106 cm³/mol. The van der Waals surface area contributed by atoms with E-state index in [1.165, 1.54) is 0 Å². The predicted octanol–water partition coefficient (Wildman–Crippen LogP) is 4.78. The van der Waals surface area contributed by atoms with E-state index in [-0.39, 0.29) is 4.99 Å². The van der Waals surface area contributed by atoms with Crippen molar-refractivity contribution in [2.45, 2.75) is 20.8 Å². The first-order valence-corrected chi connectivity index (χ1v) is 8.46. The van der Waals surface area contributed by atoms with Crippen LogP contribution in [0.1, 0.15) is 16.7 Å². The number of carbonyl (C=O) groups excluding carboxylic acids is 1. The molecular weight excluding hydrogens is 354 g/mol. The normalized spacial score (nSPS) is 11.3. The summed E-state index contributed by atoms with van der Waals surface area (Å²) in [4.78, 5) is 12.6. The van der Waals surface area contributed by atoms with Crippen LogP contribution in [0, 0.1) is 38.0 Å². The fraction of sp³-hybridized carbons (Fsp3) is 0.211. The van der Waals surface area contributed by atoms with Gasteiger partial charge in [0.2, 0.25) is 5.91 Å². The minimum absolute atomic E-state index is 0.150. The van der Waals surface area contributed by atoms with E-state index in [0.717, 1.165) is 22.4 Å². The van der Waals surface area contributed by atoms with E-state index in [9.17, 15) is 10.1 Å². The first-order valence-electron chi connectivity index (χ1n) is 7.67. The molecule has 2 aromatic carbocycles. The third-order valence-electron chi connectivity index (χ3n) is 3.76. The van der Waals surface area contributed by atoms with Crippen molar-refractivity contribution < 1.29 is 4.79 Å².